The molecule has 3 N–H and O–H groups in total. The molecule has 0 bridgehead atoms. The first kappa shape index (κ1) is 38.6. The van der Waals surface area contributed by atoms with Gasteiger partial charge in [-0.15, -0.1) is 0 Å². The molecule has 0 spiro atoms. The van der Waals surface area contributed by atoms with Crippen LogP contribution in [-0.2, 0) is 13.9 Å². The van der Waals surface area contributed by atoms with Crippen molar-refractivity contribution >= 4 is 39.4 Å². The molecular weight excluding hydrogens is 686 g/mol. The van der Waals surface area contributed by atoms with Crippen LogP contribution in [-0.4, -0.2) is 79.1 Å². The minimum absolute atomic E-state index is 0.0379. The number of aromatic nitrogens is 3. The van der Waals surface area contributed by atoms with E-state index in [0.29, 0.717) is 28.5 Å². The third kappa shape index (κ3) is 8.36. The molecule has 4 atom stereocenters. The number of halogens is 1. The van der Waals surface area contributed by atoms with Gasteiger partial charge in [0.25, 0.3) is 6.01 Å². The van der Waals surface area contributed by atoms with Gasteiger partial charge in [-0.05, 0) is 35.7 Å². The lowest BCUT2D eigenvalue weighted by atomic mass is 9.96. The lowest BCUT2D eigenvalue weighted by molar-refractivity contribution is -0.0761. The number of nitrogens with one attached hydrogen (secondary N) is 1. The summed E-state index contributed by atoms with van der Waals surface area (Å²) in [7, 11) is -4.62. The summed E-state index contributed by atoms with van der Waals surface area (Å²) in [4.78, 5) is 24.4. The molecule has 1 saturated heterocycles. The SMILES string of the molecule is CC(C)(C)[Si](O)(OC[C@H]1OC[C@@H](Oc2nc3nc(C(OCC[Si](C)(C)C)c4ccc(-c5ccccc5)cc4)c(Cl)cc3[nH]2)[C@@]1(C)O)C(C)(C)C. The molecule has 50 heavy (non-hydrogen) atoms. The second-order valence-electron chi connectivity index (χ2n) is 16.9. The number of pyridine rings is 1. The van der Waals surface area contributed by atoms with Crippen molar-refractivity contribution < 1.29 is 28.5 Å². The molecule has 272 valence electrons. The molecule has 1 aliphatic heterocycles. The maximum atomic E-state index is 11.7. The van der Waals surface area contributed by atoms with Crippen molar-refractivity contribution in [2.24, 2.45) is 0 Å². The summed E-state index contributed by atoms with van der Waals surface area (Å²) >= 11 is 6.91. The Hall–Kier alpha value is -2.62. The first-order valence-electron chi connectivity index (χ1n) is 17.4. The number of benzene rings is 2. The largest absolute Gasteiger partial charge is 0.456 e. The zero-order valence-electron chi connectivity index (χ0n) is 31.1. The molecule has 0 aliphatic carbocycles. The highest BCUT2D eigenvalue weighted by molar-refractivity contribution is 6.76. The number of imidazole rings is 1. The Kier molecular flexibility index (Phi) is 11.1. The van der Waals surface area contributed by atoms with Gasteiger partial charge in [0.1, 0.15) is 17.8 Å². The minimum atomic E-state index is -3.26. The van der Waals surface area contributed by atoms with E-state index in [0.717, 1.165) is 22.7 Å². The Balaban J connectivity index is 1.36. The van der Waals surface area contributed by atoms with Crippen molar-refractivity contribution in [3.05, 3.63) is 76.9 Å². The minimum Gasteiger partial charge on any atom is -0.456 e. The number of aliphatic hydroxyl groups is 1. The van der Waals surface area contributed by atoms with Crippen molar-refractivity contribution in [2.45, 2.75) is 108 Å². The van der Waals surface area contributed by atoms with E-state index in [1.807, 2.05) is 59.7 Å². The summed E-state index contributed by atoms with van der Waals surface area (Å²) in [6, 6.07) is 21.5. The molecule has 3 heterocycles. The summed E-state index contributed by atoms with van der Waals surface area (Å²) < 4.78 is 25.0. The molecule has 4 aromatic rings. The van der Waals surface area contributed by atoms with Crippen LogP contribution in [0.25, 0.3) is 22.3 Å². The molecule has 0 saturated carbocycles. The van der Waals surface area contributed by atoms with E-state index in [2.05, 4.69) is 66.0 Å². The third-order valence-electron chi connectivity index (χ3n) is 9.62. The van der Waals surface area contributed by atoms with Gasteiger partial charge in [0.05, 0.1) is 29.4 Å². The number of rotatable bonds is 12. The number of fused-ring (bicyclic) bond motifs is 1. The van der Waals surface area contributed by atoms with Gasteiger partial charge in [-0.1, -0.05) is 127 Å². The van der Waals surface area contributed by atoms with Crippen molar-refractivity contribution in [3.8, 4) is 17.1 Å². The maximum Gasteiger partial charge on any atom is 0.346 e. The smallest absolute Gasteiger partial charge is 0.346 e. The van der Waals surface area contributed by atoms with Crippen LogP contribution in [0.4, 0.5) is 0 Å². The van der Waals surface area contributed by atoms with Gasteiger partial charge in [-0.25, -0.2) is 4.98 Å². The second-order valence-corrected chi connectivity index (χ2v) is 27.5. The zero-order valence-corrected chi connectivity index (χ0v) is 33.9. The maximum absolute atomic E-state index is 11.7. The van der Waals surface area contributed by atoms with Crippen LogP contribution in [0.3, 0.4) is 0 Å². The Bertz CT molecular complexity index is 1730. The van der Waals surface area contributed by atoms with E-state index in [1.165, 1.54) is 0 Å². The van der Waals surface area contributed by atoms with Crippen LogP contribution >= 0.6 is 11.6 Å². The molecule has 0 amide bonds. The van der Waals surface area contributed by atoms with E-state index in [-0.39, 0.29) is 19.2 Å². The van der Waals surface area contributed by atoms with Crippen LogP contribution in [0.15, 0.2) is 60.7 Å². The third-order valence-corrected chi connectivity index (χ3v) is 16.3. The number of hydrogen-bond acceptors (Lipinski definition) is 8. The van der Waals surface area contributed by atoms with Gasteiger partial charge in [-0.3, -0.25) is 0 Å². The first-order chi connectivity index (χ1) is 23.2. The number of aromatic amines is 1. The normalized spacial score (nSPS) is 21.1. The van der Waals surface area contributed by atoms with Gasteiger partial charge in [0.15, 0.2) is 11.8 Å². The van der Waals surface area contributed by atoms with E-state index in [9.17, 15) is 9.90 Å². The Morgan fingerprint density at radius 1 is 0.980 bits per heavy atom. The monoisotopic (exact) mass is 739 g/mol. The average Bonchev–Trinajstić information content (AvgIpc) is 3.54. The van der Waals surface area contributed by atoms with Crippen molar-refractivity contribution in [1.82, 2.24) is 15.0 Å². The molecule has 0 radical (unpaired) electrons. The number of nitrogens with zero attached hydrogens (tertiary/aromatic N) is 2. The molecule has 1 aliphatic rings. The van der Waals surface area contributed by atoms with Gasteiger partial charge in [0.2, 0.25) is 0 Å². The predicted molar refractivity (Wildman–Crippen MR) is 205 cm³/mol. The average molecular weight is 740 g/mol. The van der Waals surface area contributed by atoms with Crippen molar-refractivity contribution in [3.63, 3.8) is 0 Å². The van der Waals surface area contributed by atoms with E-state index in [4.69, 9.17) is 35.2 Å². The standard InChI is InChI=1S/C38H54ClN3O6Si2/c1-36(2,3)50(44,37(4,5)6)47-24-30-38(7,43)31(23-46-30)48-35-40-29-22-28(39)32(41-34(29)42-35)33(45-20-21-49(8,9)10)27-18-16-26(17-19-27)25-14-12-11-13-15-25/h11-19,22,30-31,33,43-44H,20-21,23-24H2,1-10H3,(H,40,41,42)/t30-,31-,33?,38+/m1/s1. The van der Waals surface area contributed by atoms with E-state index in [1.54, 1.807) is 13.0 Å². The molecule has 12 heteroatoms. The van der Waals surface area contributed by atoms with Gasteiger partial charge in [0, 0.05) is 24.8 Å². The van der Waals surface area contributed by atoms with Gasteiger partial charge >= 0.3 is 8.56 Å². The second kappa shape index (κ2) is 14.4. The van der Waals surface area contributed by atoms with Crippen LogP contribution < -0.4 is 4.74 Å². The summed E-state index contributed by atoms with van der Waals surface area (Å²) in [6.45, 7) is 21.3. The van der Waals surface area contributed by atoms with Gasteiger partial charge < -0.3 is 33.5 Å². The first-order valence-corrected chi connectivity index (χ1v) is 23.3. The van der Waals surface area contributed by atoms with E-state index >= 15 is 0 Å². The quantitative estimate of drug-likeness (QED) is 0.124. The van der Waals surface area contributed by atoms with Crippen LogP contribution in [0, 0.1) is 0 Å². The van der Waals surface area contributed by atoms with E-state index < -0.39 is 50.6 Å². The fourth-order valence-electron chi connectivity index (χ4n) is 6.45. The number of hydrogen-bond donors (Lipinski definition) is 3. The molecule has 9 nitrogen and oxygen atoms in total. The Labute approximate surface area is 304 Å². The highest BCUT2D eigenvalue weighted by atomic mass is 35.5. The number of ether oxygens (including phenoxy) is 3. The van der Waals surface area contributed by atoms with Gasteiger partial charge in [-0.2, -0.15) is 4.98 Å². The Morgan fingerprint density at radius 3 is 2.20 bits per heavy atom. The highest BCUT2D eigenvalue weighted by Gasteiger charge is 2.57. The molecule has 2 aromatic heterocycles. The fraction of sp³-hybridized carbons (Fsp3) is 0.526. The highest BCUT2D eigenvalue weighted by Crippen LogP contribution is 2.50. The molecule has 1 fully saturated rings. The van der Waals surface area contributed by atoms with Crippen LogP contribution in [0.5, 0.6) is 6.01 Å². The Morgan fingerprint density at radius 2 is 1.60 bits per heavy atom. The molecule has 2 aromatic carbocycles. The molecule has 5 rings (SSSR count). The van der Waals surface area contributed by atoms with Crippen molar-refractivity contribution in [1.29, 1.82) is 0 Å². The fourth-order valence-corrected chi connectivity index (χ4v) is 10.9. The lowest BCUT2D eigenvalue weighted by Crippen LogP contribution is -2.57. The molecule has 1 unspecified atom stereocenters. The summed E-state index contributed by atoms with van der Waals surface area (Å²) in [5.41, 5.74) is 3.37. The molecular formula is C38H54ClN3O6Si2. The zero-order chi connectivity index (χ0) is 36.7. The summed E-state index contributed by atoms with van der Waals surface area (Å²) in [6.07, 6.45) is -1.95. The van der Waals surface area contributed by atoms with Crippen molar-refractivity contribution in [2.75, 3.05) is 19.8 Å². The number of H-pyrrole nitrogens is 1. The van der Waals surface area contributed by atoms with Crippen LogP contribution in [0.1, 0.15) is 65.8 Å². The predicted octanol–water partition coefficient (Wildman–Crippen LogP) is 8.67. The lowest BCUT2D eigenvalue weighted by Gasteiger charge is -2.46. The summed E-state index contributed by atoms with van der Waals surface area (Å²) in [5.74, 6) is 0. The summed E-state index contributed by atoms with van der Waals surface area (Å²) in [5, 5.41) is 11.1. The van der Waals surface area contributed by atoms with Crippen LogP contribution in [0.2, 0.25) is 40.8 Å². The topological polar surface area (TPSA) is 119 Å².